The fourth-order valence-corrected chi connectivity index (χ4v) is 5.90. The standard InChI is InChI=1S/C27H31ClN6O/c28-26-31-24(23-25(32-26)34(19-29-23)21-9-5-6-10-21)27(33-14-7-2-8-15-33)17-20(18-30-27)13-16-35-22-11-3-1-4-12-22/h1,3-4,11-12,17-19,21H,2,5-10,13-16H2. The predicted molar refractivity (Wildman–Crippen MR) is 138 cm³/mol. The van der Waals surface area contributed by atoms with Gasteiger partial charge in [-0.2, -0.15) is 4.98 Å². The maximum absolute atomic E-state index is 6.55. The monoisotopic (exact) mass is 490 g/mol. The van der Waals surface area contributed by atoms with E-state index >= 15 is 0 Å². The Labute approximate surface area is 210 Å². The van der Waals surface area contributed by atoms with Crippen LogP contribution in [0.2, 0.25) is 5.28 Å². The number of piperidine rings is 1. The van der Waals surface area contributed by atoms with Gasteiger partial charge in [-0.15, -0.1) is 0 Å². The van der Waals surface area contributed by atoms with Gasteiger partial charge >= 0.3 is 0 Å². The Morgan fingerprint density at radius 2 is 1.80 bits per heavy atom. The van der Waals surface area contributed by atoms with Gasteiger partial charge in [0.15, 0.2) is 11.3 Å². The normalized spacial score (nSPS) is 23.3. The number of halogens is 1. The van der Waals surface area contributed by atoms with Gasteiger partial charge in [-0.3, -0.25) is 9.89 Å². The van der Waals surface area contributed by atoms with Crippen molar-refractivity contribution in [2.45, 2.75) is 63.1 Å². The van der Waals surface area contributed by atoms with Gasteiger partial charge in [0.1, 0.15) is 17.0 Å². The predicted octanol–water partition coefficient (Wildman–Crippen LogP) is 5.71. The topological polar surface area (TPSA) is 68.4 Å². The summed E-state index contributed by atoms with van der Waals surface area (Å²) in [4.78, 5) is 21.8. The van der Waals surface area contributed by atoms with E-state index in [1.165, 1.54) is 19.3 Å². The fraction of sp³-hybridized carbons (Fsp3) is 0.481. The molecule has 8 heteroatoms. The number of hydrogen-bond acceptors (Lipinski definition) is 6. The van der Waals surface area contributed by atoms with Crippen molar-refractivity contribution in [3.8, 4) is 5.75 Å². The molecular formula is C27H31ClN6O. The molecule has 0 amide bonds. The molecular weight excluding hydrogens is 460 g/mol. The molecule has 1 saturated carbocycles. The van der Waals surface area contributed by atoms with Crippen molar-refractivity contribution in [2.75, 3.05) is 19.7 Å². The smallest absolute Gasteiger partial charge is 0.224 e. The highest BCUT2D eigenvalue weighted by Gasteiger charge is 2.43. The number of aromatic nitrogens is 4. The molecule has 3 aliphatic rings. The lowest BCUT2D eigenvalue weighted by molar-refractivity contribution is 0.110. The quantitative estimate of drug-likeness (QED) is 0.396. The van der Waals surface area contributed by atoms with Crippen molar-refractivity contribution in [3.63, 3.8) is 0 Å². The Morgan fingerprint density at radius 3 is 2.60 bits per heavy atom. The third-order valence-electron chi connectivity index (χ3n) is 7.52. The third kappa shape index (κ3) is 4.36. The molecule has 2 aromatic heterocycles. The average Bonchev–Trinajstić information content (AvgIpc) is 3.65. The first kappa shape index (κ1) is 22.7. The molecule has 2 fully saturated rings. The van der Waals surface area contributed by atoms with E-state index in [1.807, 2.05) is 42.9 Å². The first-order chi connectivity index (χ1) is 17.2. The van der Waals surface area contributed by atoms with E-state index in [9.17, 15) is 0 Å². The summed E-state index contributed by atoms with van der Waals surface area (Å²) in [6, 6.07) is 10.4. The third-order valence-corrected chi connectivity index (χ3v) is 7.68. The Bertz CT molecular complexity index is 1240. The first-order valence-corrected chi connectivity index (χ1v) is 13.2. The van der Waals surface area contributed by atoms with Crippen molar-refractivity contribution in [1.82, 2.24) is 24.4 Å². The van der Waals surface area contributed by atoms with Crippen LogP contribution in [0.5, 0.6) is 5.75 Å². The van der Waals surface area contributed by atoms with E-state index in [0.717, 1.165) is 73.4 Å². The molecule has 1 aliphatic carbocycles. The molecule has 1 aromatic carbocycles. The van der Waals surface area contributed by atoms with E-state index in [1.54, 1.807) is 0 Å². The van der Waals surface area contributed by atoms with Gasteiger partial charge in [0.05, 0.1) is 12.9 Å². The lowest BCUT2D eigenvalue weighted by atomic mass is 9.97. The van der Waals surface area contributed by atoms with Crippen molar-refractivity contribution < 1.29 is 4.74 Å². The Balaban J connectivity index is 1.36. The molecule has 0 bridgehead atoms. The summed E-state index contributed by atoms with van der Waals surface area (Å²) in [7, 11) is 0. The highest BCUT2D eigenvalue weighted by Crippen LogP contribution is 2.41. The number of ether oxygens (including phenoxy) is 1. The number of hydrogen-bond donors (Lipinski definition) is 0. The van der Waals surface area contributed by atoms with Crippen molar-refractivity contribution >= 4 is 29.0 Å². The number of rotatable bonds is 7. The SMILES string of the molecule is Clc1nc(C2(N3CCCCC3)C=C(CCOc3ccccc3)C=N2)c2ncn(C3CCCC3)c2n1. The number of likely N-dealkylation sites (tertiary alicyclic amines) is 1. The molecule has 0 N–H and O–H groups in total. The van der Waals surface area contributed by atoms with Crippen LogP contribution in [0.1, 0.15) is 63.1 Å². The molecule has 1 atom stereocenters. The Hall–Kier alpha value is -2.77. The second-order valence-electron chi connectivity index (χ2n) is 9.77. The van der Waals surface area contributed by atoms with Gasteiger partial charge in [0, 0.05) is 31.8 Å². The molecule has 3 aromatic rings. The van der Waals surface area contributed by atoms with Gasteiger partial charge in [-0.1, -0.05) is 37.5 Å². The molecule has 4 heterocycles. The number of imidazole rings is 1. The highest BCUT2D eigenvalue weighted by atomic mass is 35.5. The minimum atomic E-state index is -0.706. The van der Waals surface area contributed by atoms with E-state index in [0.29, 0.717) is 12.6 Å². The zero-order chi connectivity index (χ0) is 23.7. The summed E-state index contributed by atoms with van der Waals surface area (Å²) in [6.45, 7) is 2.52. The summed E-state index contributed by atoms with van der Waals surface area (Å²) in [5, 5.41) is 0.257. The van der Waals surface area contributed by atoms with Crippen molar-refractivity contribution in [1.29, 1.82) is 0 Å². The lowest BCUT2D eigenvalue weighted by Gasteiger charge is -2.39. The molecule has 1 unspecified atom stereocenters. The Kier molecular flexibility index (Phi) is 6.29. The molecule has 182 valence electrons. The summed E-state index contributed by atoms with van der Waals surface area (Å²) in [5.41, 5.74) is 2.86. The highest BCUT2D eigenvalue weighted by molar-refractivity contribution is 6.28. The molecule has 2 aliphatic heterocycles. The molecule has 0 spiro atoms. The summed E-state index contributed by atoms with van der Waals surface area (Å²) in [6.07, 6.45) is 15.3. The van der Waals surface area contributed by atoms with Crippen molar-refractivity contribution in [3.05, 3.63) is 59.3 Å². The molecule has 1 saturated heterocycles. The fourth-order valence-electron chi connectivity index (χ4n) is 5.74. The maximum Gasteiger partial charge on any atom is 0.224 e. The number of nitrogens with zero attached hydrogens (tertiary/aromatic N) is 6. The van der Waals surface area contributed by atoms with E-state index in [-0.39, 0.29) is 5.28 Å². The maximum atomic E-state index is 6.55. The zero-order valence-electron chi connectivity index (χ0n) is 19.9. The summed E-state index contributed by atoms with van der Waals surface area (Å²) < 4.78 is 8.17. The van der Waals surface area contributed by atoms with Crippen LogP contribution in [0.25, 0.3) is 11.2 Å². The Morgan fingerprint density at radius 1 is 1.00 bits per heavy atom. The van der Waals surface area contributed by atoms with Crippen LogP contribution in [-0.2, 0) is 5.66 Å². The molecule has 7 nitrogen and oxygen atoms in total. The van der Waals surface area contributed by atoms with Gasteiger partial charge < -0.3 is 9.30 Å². The minimum Gasteiger partial charge on any atom is -0.493 e. The molecule has 6 rings (SSSR count). The lowest BCUT2D eigenvalue weighted by Crippen LogP contribution is -2.46. The zero-order valence-corrected chi connectivity index (χ0v) is 20.7. The molecule has 35 heavy (non-hydrogen) atoms. The summed E-state index contributed by atoms with van der Waals surface area (Å²) >= 11 is 6.55. The van der Waals surface area contributed by atoms with Gasteiger partial charge in [0.2, 0.25) is 5.28 Å². The first-order valence-electron chi connectivity index (χ1n) is 12.8. The van der Waals surface area contributed by atoms with Crippen LogP contribution in [0, 0.1) is 0 Å². The van der Waals surface area contributed by atoms with Crippen LogP contribution in [-0.4, -0.2) is 50.3 Å². The second-order valence-corrected chi connectivity index (χ2v) is 10.1. The van der Waals surface area contributed by atoms with Gasteiger partial charge in [-0.25, -0.2) is 9.97 Å². The van der Waals surface area contributed by atoms with Crippen LogP contribution < -0.4 is 4.74 Å². The van der Waals surface area contributed by atoms with E-state index in [2.05, 4.69) is 20.5 Å². The number of aliphatic imine (C=N–C) groups is 1. The minimum absolute atomic E-state index is 0.257. The number of fused-ring (bicyclic) bond motifs is 1. The average molecular weight is 491 g/mol. The summed E-state index contributed by atoms with van der Waals surface area (Å²) in [5.74, 6) is 0.882. The van der Waals surface area contributed by atoms with Crippen LogP contribution in [0.3, 0.4) is 0 Å². The van der Waals surface area contributed by atoms with E-state index in [4.69, 9.17) is 31.3 Å². The van der Waals surface area contributed by atoms with Crippen LogP contribution >= 0.6 is 11.6 Å². The molecule has 0 radical (unpaired) electrons. The number of benzene rings is 1. The van der Waals surface area contributed by atoms with E-state index < -0.39 is 5.66 Å². The van der Waals surface area contributed by atoms with Gasteiger partial charge in [-0.05, 0) is 61.1 Å². The van der Waals surface area contributed by atoms with Crippen molar-refractivity contribution in [2.24, 2.45) is 4.99 Å². The van der Waals surface area contributed by atoms with Crippen LogP contribution in [0.15, 0.2) is 53.3 Å². The van der Waals surface area contributed by atoms with Gasteiger partial charge in [0.25, 0.3) is 0 Å². The largest absolute Gasteiger partial charge is 0.493 e. The number of para-hydroxylation sites is 1. The second kappa shape index (κ2) is 9.70. The van der Waals surface area contributed by atoms with Crippen LogP contribution in [0.4, 0.5) is 0 Å².